The van der Waals surface area contributed by atoms with Crippen LogP contribution in [0.3, 0.4) is 0 Å². The summed E-state index contributed by atoms with van der Waals surface area (Å²) in [4.78, 5) is 13.0. The van der Waals surface area contributed by atoms with Crippen LogP contribution in [0.5, 0.6) is 0 Å². The zero-order valence-electron chi connectivity index (χ0n) is 9.80. The van der Waals surface area contributed by atoms with Gasteiger partial charge in [0.1, 0.15) is 0 Å². The van der Waals surface area contributed by atoms with E-state index in [1.807, 2.05) is 0 Å². The van der Waals surface area contributed by atoms with E-state index in [9.17, 15) is 4.79 Å². The van der Waals surface area contributed by atoms with Gasteiger partial charge in [-0.3, -0.25) is 9.69 Å². The average Bonchev–Trinajstić information content (AvgIpc) is 2.65. The van der Waals surface area contributed by atoms with Crippen molar-refractivity contribution in [2.45, 2.75) is 25.3 Å². The van der Waals surface area contributed by atoms with E-state index < -0.39 is 5.97 Å². The largest absolute Gasteiger partial charge is 0.481 e. The van der Waals surface area contributed by atoms with Gasteiger partial charge in [-0.15, -0.1) is 0 Å². The van der Waals surface area contributed by atoms with Crippen LogP contribution in [-0.4, -0.2) is 35.1 Å². The van der Waals surface area contributed by atoms with E-state index in [1.165, 1.54) is 11.1 Å². The van der Waals surface area contributed by atoms with Crippen molar-refractivity contribution >= 4 is 5.97 Å². The number of nitrogens with zero attached hydrogens (tertiary/aromatic N) is 1. The van der Waals surface area contributed by atoms with Crippen molar-refractivity contribution in [1.29, 1.82) is 0 Å². The van der Waals surface area contributed by atoms with E-state index >= 15 is 0 Å². The minimum atomic E-state index is -0.663. The average molecular weight is 231 g/mol. The highest BCUT2D eigenvalue weighted by Gasteiger charge is 2.35. The molecule has 1 aliphatic carbocycles. The van der Waals surface area contributed by atoms with Crippen molar-refractivity contribution in [2.24, 2.45) is 5.92 Å². The Morgan fingerprint density at radius 2 is 1.82 bits per heavy atom. The smallest absolute Gasteiger partial charge is 0.303 e. The Hall–Kier alpha value is -1.35. The molecule has 17 heavy (non-hydrogen) atoms. The van der Waals surface area contributed by atoms with E-state index in [4.69, 9.17) is 5.11 Å². The van der Waals surface area contributed by atoms with Crippen LogP contribution in [0, 0.1) is 5.92 Å². The fraction of sp³-hybridized carbons (Fsp3) is 0.500. The van der Waals surface area contributed by atoms with Crippen LogP contribution in [0.4, 0.5) is 0 Å². The molecule has 0 radical (unpaired) electrons. The zero-order valence-corrected chi connectivity index (χ0v) is 9.80. The quantitative estimate of drug-likeness (QED) is 0.858. The Morgan fingerprint density at radius 1 is 1.24 bits per heavy atom. The van der Waals surface area contributed by atoms with Crippen molar-refractivity contribution in [2.75, 3.05) is 13.1 Å². The second kappa shape index (κ2) is 4.15. The number of hydrogen-bond acceptors (Lipinski definition) is 2. The Balaban J connectivity index is 1.55. The molecule has 1 heterocycles. The van der Waals surface area contributed by atoms with Gasteiger partial charge in [0.15, 0.2) is 0 Å². The molecular weight excluding hydrogens is 214 g/mol. The molecule has 1 aromatic rings. The monoisotopic (exact) mass is 231 g/mol. The number of carbonyl (C=O) groups is 1. The number of aliphatic carboxylic acids is 1. The summed E-state index contributed by atoms with van der Waals surface area (Å²) < 4.78 is 0. The molecule has 3 heteroatoms. The van der Waals surface area contributed by atoms with Gasteiger partial charge in [-0.2, -0.15) is 0 Å². The number of benzene rings is 1. The predicted octanol–water partition coefficient (Wildman–Crippen LogP) is 1.56. The lowest BCUT2D eigenvalue weighted by atomic mass is 9.93. The lowest BCUT2D eigenvalue weighted by Crippen LogP contribution is -2.52. The summed E-state index contributed by atoms with van der Waals surface area (Å²) in [6.07, 6.45) is 2.60. The van der Waals surface area contributed by atoms with Gasteiger partial charge in [0.2, 0.25) is 0 Å². The first-order valence-electron chi connectivity index (χ1n) is 6.25. The van der Waals surface area contributed by atoms with Gasteiger partial charge in [-0.25, -0.2) is 0 Å². The lowest BCUT2D eigenvalue weighted by molar-refractivity contribution is -0.139. The number of hydrogen-bond donors (Lipinski definition) is 1. The molecule has 0 amide bonds. The summed E-state index contributed by atoms with van der Waals surface area (Å²) in [5.41, 5.74) is 2.94. The Morgan fingerprint density at radius 3 is 2.35 bits per heavy atom. The number of likely N-dealkylation sites (tertiary alicyclic amines) is 1. The Labute approximate surface area is 101 Å². The molecule has 0 saturated carbocycles. The third-order valence-corrected chi connectivity index (χ3v) is 3.99. The number of carboxylic acid groups (broad SMARTS) is 1. The SMILES string of the molecule is O=C(O)CC1CN(C2Cc3ccccc3C2)C1. The van der Waals surface area contributed by atoms with Gasteiger partial charge in [-0.1, -0.05) is 24.3 Å². The topological polar surface area (TPSA) is 40.5 Å². The lowest BCUT2D eigenvalue weighted by Gasteiger charge is -2.42. The molecule has 1 fully saturated rings. The highest BCUT2D eigenvalue weighted by atomic mass is 16.4. The van der Waals surface area contributed by atoms with Crippen LogP contribution in [0.1, 0.15) is 17.5 Å². The minimum absolute atomic E-state index is 0.330. The van der Waals surface area contributed by atoms with Gasteiger partial charge in [-0.05, 0) is 29.9 Å². The molecule has 0 spiro atoms. The maximum absolute atomic E-state index is 10.6. The van der Waals surface area contributed by atoms with Crippen LogP contribution < -0.4 is 0 Å². The molecule has 1 aromatic carbocycles. The molecule has 1 saturated heterocycles. The molecule has 0 unspecified atom stereocenters. The number of fused-ring (bicyclic) bond motifs is 1. The molecule has 0 bridgehead atoms. The second-order valence-electron chi connectivity index (χ2n) is 5.25. The fourth-order valence-electron chi connectivity index (χ4n) is 3.08. The summed E-state index contributed by atoms with van der Waals surface area (Å²) in [6.45, 7) is 1.93. The molecule has 3 nitrogen and oxygen atoms in total. The van der Waals surface area contributed by atoms with Crippen molar-refractivity contribution < 1.29 is 9.90 Å². The van der Waals surface area contributed by atoms with Crippen molar-refractivity contribution in [3.8, 4) is 0 Å². The van der Waals surface area contributed by atoms with E-state index in [0.29, 0.717) is 18.4 Å². The Bertz CT molecular complexity index is 413. The summed E-state index contributed by atoms with van der Waals surface area (Å²) in [5, 5.41) is 8.72. The minimum Gasteiger partial charge on any atom is -0.481 e. The highest BCUT2D eigenvalue weighted by molar-refractivity contribution is 5.67. The molecule has 90 valence electrons. The summed E-state index contributed by atoms with van der Waals surface area (Å²) in [6, 6.07) is 9.24. The molecule has 1 aliphatic heterocycles. The van der Waals surface area contributed by atoms with Crippen LogP contribution in [-0.2, 0) is 17.6 Å². The molecule has 0 aromatic heterocycles. The predicted molar refractivity (Wildman–Crippen MR) is 65.0 cm³/mol. The van der Waals surface area contributed by atoms with E-state index in [-0.39, 0.29) is 0 Å². The maximum atomic E-state index is 10.6. The summed E-state index contributed by atoms with van der Waals surface area (Å²) >= 11 is 0. The van der Waals surface area contributed by atoms with Crippen molar-refractivity contribution in [1.82, 2.24) is 4.90 Å². The molecule has 3 rings (SSSR count). The normalized spacial score (nSPS) is 21.2. The van der Waals surface area contributed by atoms with Gasteiger partial charge in [0, 0.05) is 19.1 Å². The first-order chi connectivity index (χ1) is 8.22. The zero-order chi connectivity index (χ0) is 11.8. The van der Waals surface area contributed by atoms with Gasteiger partial charge < -0.3 is 5.11 Å². The van der Waals surface area contributed by atoms with Gasteiger partial charge in [0.25, 0.3) is 0 Å². The van der Waals surface area contributed by atoms with Crippen LogP contribution in [0.2, 0.25) is 0 Å². The third-order valence-electron chi connectivity index (χ3n) is 3.99. The molecule has 0 atom stereocenters. The molecular formula is C14H17NO2. The van der Waals surface area contributed by atoms with E-state index in [1.54, 1.807) is 0 Å². The van der Waals surface area contributed by atoms with Crippen molar-refractivity contribution in [3.63, 3.8) is 0 Å². The van der Waals surface area contributed by atoms with Crippen LogP contribution in [0.25, 0.3) is 0 Å². The molecule has 1 N–H and O–H groups in total. The highest BCUT2D eigenvalue weighted by Crippen LogP contribution is 2.30. The van der Waals surface area contributed by atoms with Crippen LogP contribution in [0.15, 0.2) is 24.3 Å². The molecule has 2 aliphatic rings. The van der Waals surface area contributed by atoms with Crippen LogP contribution >= 0.6 is 0 Å². The fourth-order valence-corrected chi connectivity index (χ4v) is 3.08. The first kappa shape index (κ1) is 10.8. The van der Waals surface area contributed by atoms with Gasteiger partial charge >= 0.3 is 5.97 Å². The van der Waals surface area contributed by atoms with E-state index in [2.05, 4.69) is 29.2 Å². The van der Waals surface area contributed by atoms with Gasteiger partial charge in [0.05, 0.1) is 6.42 Å². The van der Waals surface area contributed by atoms with Crippen molar-refractivity contribution in [3.05, 3.63) is 35.4 Å². The standard InChI is InChI=1S/C14H17NO2/c16-14(17)5-10-8-15(9-10)13-6-11-3-1-2-4-12(11)7-13/h1-4,10,13H,5-9H2,(H,16,17). The first-order valence-corrected chi connectivity index (χ1v) is 6.25. The van der Waals surface area contributed by atoms with E-state index in [0.717, 1.165) is 25.9 Å². The summed E-state index contributed by atoms with van der Waals surface area (Å²) in [5.74, 6) is -0.291. The number of carboxylic acids is 1. The maximum Gasteiger partial charge on any atom is 0.303 e. The second-order valence-corrected chi connectivity index (χ2v) is 5.25. The Kier molecular flexibility index (Phi) is 2.63. The summed E-state index contributed by atoms with van der Waals surface area (Å²) in [7, 11) is 0. The number of rotatable bonds is 3. The third kappa shape index (κ3) is 2.07.